The van der Waals surface area contributed by atoms with Gasteiger partial charge in [-0.15, -0.1) is 5.10 Å². The fourth-order valence-electron chi connectivity index (χ4n) is 4.00. The lowest BCUT2D eigenvalue weighted by Crippen LogP contribution is -2.47. The molecule has 35 heavy (non-hydrogen) atoms. The normalized spacial score (nSPS) is 21.0. The van der Waals surface area contributed by atoms with E-state index in [1.165, 1.54) is 29.6 Å². The molecule has 0 bridgehead atoms. The molecule has 1 aromatic carbocycles. The SMILES string of the molecule is C[C@H](CO)N1C[C@H](C)[C@@H](CN(C)S(=O)(=O)c2cccc(C#N)c2)OCc2cnnn2CCCC1=O. The molecule has 1 aliphatic heterocycles. The molecule has 0 radical (unpaired) electrons. The van der Waals surface area contributed by atoms with Gasteiger partial charge in [-0.05, 0) is 31.5 Å². The number of carbonyl (C=O) groups excluding carboxylic acids is 1. The first-order valence-electron chi connectivity index (χ1n) is 11.5. The Morgan fingerprint density at radius 1 is 1.40 bits per heavy atom. The van der Waals surface area contributed by atoms with Crippen molar-refractivity contribution in [2.75, 3.05) is 26.7 Å². The van der Waals surface area contributed by atoms with E-state index >= 15 is 0 Å². The van der Waals surface area contributed by atoms with Gasteiger partial charge in [-0.25, -0.2) is 13.1 Å². The molecule has 2 aromatic rings. The summed E-state index contributed by atoms with van der Waals surface area (Å²) in [6.07, 6.45) is 1.90. The molecule has 1 amide bonds. The van der Waals surface area contributed by atoms with Crippen LogP contribution in [0, 0.1) is 17.2 Å². The van der Waals surface area contributed by atoms with Gasteiger partial charge in [0, 0.05) is 39.0 Å². The second-order valence-electron chi connectivity index (χ2n) is 8.88. The van der Waals surface area contributed by atoms with Crippen LogP contribution in [0.5, 0.6) is 0 Å². The van der Waals surface area contributed by atoms with Crippen molar-refractivity contribution >= 4 is 15.9 Å². The molecule has 0 spiro atoms. The summed E-state index contributed by atoms with van der Waals surface area (Å²) in [6, 6.07) is 7.44. The van der Waals surface area contributed by atoms with Crippen molar-refractivity contribution < 1.29 is 23.1 Å². The Morgan fingerprint density at radius 2 is 2.17 bits per heavy atom. The summed E-state index contributed by atoms with van der Waals surface area (Å²) in [6.45, 7) is 4.51. The number of aryl methyl sites for hydroxylation is 1. The molecule has 0 unspecified atom stereocenters. The number of hydrogen-bond acceptors (Lipinski definition) is 8. The Balaban J connectivity index is 1.88. The van der Waals surface area contributed by atoms with Crippen LogP contribution in [0.3, 0.4) is 0 Å². The van der Waals surface area contributed by atoms with Gasteiger partial charge in [-0.1, -0.05) is 18.2 Å². The van der Waals surface area contributed by atoms with E-state index in [2.05, 4.69) is 10.3 Å². The number of sulfonamides is 1. The Morgan fingerprint density at radius 3 is 2.89 bits per heavy atom. The molecule has 0 aliphatic carbocycles. The predicted molar refractivity (Wildman–Crippen MR) is 126 cm³/mol. The van der Waals surface area contributed by atoms with Crippen molar-refractivity contribution in [1.82, 2.24) is 24.2 Å². The van der Waals surface area contributed by atoms with Crippen molar-refractivity contribution in [2.45, 2.75) is 56.9 Å². The summed E-state index contributed by atoms with van der Waals surface area (Å²) in [7, 11) is -2.42. The number of hydrogen-bond donors (Lipinski definition) is 1. The molecule has 12 heteroatoms. The zero-order chi connectivity index (χ0) is 25.6. The lowest BCUT2D eigenvalue weighted by atomic mass is 10.0. The number of nitrogens with zero attached hydrogens (tertiary/aromatic N) is 6. The first kappa shape index (κ1) is 26.7. The predicted octanol–water partition coefficient (Wildman–Crippen LogP) is 0.995. The number of fused-ring (bicyclic) bond motifs is 1. The summed E-state index contributed by atoms with van der Waals surface area (Å²) in [4.78, 5) is 14.6. The van der Waals surface area contributed by atoms with E-state index < -0.39 is 16.1 Å². The number of aliphatic hydroxyl groups excluding tert-OH is 1. The summed E-state index contributed by atoms with van der Waals surface area (Å²) in [5, 5.41) is 26.9. The first-order chi connectivity index (χ1) is 16.7. The van der Waals surface area contributed by atoms with Gasteiger partial charge >= 0.3 is 0 Å². The molecular formula is C23H32N6O5S. The molecule has 190 valence electrons. The number of likely N-dealkylation sites (N-methyl/N-ethyl adjacent to an activating group) is 1. The molecule has 0 fully saturated rings. The van der Waals surface area contributed by atoms with Crippen molar-refractivity contribution in [3.05, 3.63) is 41.7 Å². The smallest absolute Gasteiger partial charge is 0.242 e. The zero-order valence-electron chi connectivity index (χ0n) is 20.2. The Labute approximate surface area is 205 Å². The van der Waals surface area contributed by atoms with Crippen LogP contribution >= 0.6 is 0 Å². The van der Waals surface area contributed by atoms with Crippen molar-refractivity contribution in [1.29, 1.82) is 5.26 Å². The minimum absolute atomic E-state index is 0.0211. The molecule has 0 saturated heterocycles. The van der Waals surface area contributed by atoms with Gasteiger partial charge in [0.05, 0.1) is 53.8 Å². The van der Waals surface area contributed by atoms with Gasteiger partial charge < -0.3 is 14.7 Å². The Kier molecular flexibility index (Phi) is 8.96. The number of aliphatic hydroxyl groups is 1. The van der Waals surface area contributed by atoms with Gasteiger partial charge in [0.15, 0.2) is 0 Å². The van der Waals surface area contributed by atoms with Crippen LogP contribution < -0.4 is 0 Å². The van der Waals surface area contributed by atoms with Crippen LogP contribution in [0.25, 0.3) is 0 Å². The highest BCUT2D eigenvalue weighted by Crippen LogP contribution is 2.21. The topological polar surface area (TPSA) is 142 Å². The van der Waals surface area contributed by atoms with Crippen LogP contribution in [-0.2, 0) is 32.7 Å². The number of carbonyl (C=O) groups is 1. The van der Waals surface area contributed by atoms with Crippen LogP contribution in [0.15, 0.2) is 35.4 Å². The van der Waals surface area contributed by atoms with E-state index in [-0.39, 0.29) is 48.1 Å². The fourth-order valence-corrected chi connectivity index (χ4v) is 5.23. The molecule has 3 atom stereocenters. The number of ether oxygens (including phenoxy) is 1. The lowest BCUT2D eigenvalue weighted by molar-refractivity contribution is -0.136. The average molecular weight is 505 g/mol. The molecule has 11 nitrogen and oxygen atoms in total. The second kappa shape index (κ2) is 11.7. The minimum Gasteiger partial charge on any atom is -0.394 e. The highest BCUT2D eigenvalue weighted by molar-refractivity contribution is 7.89. The van der Waals surface area contributed by atoms with E-state index in [1.54, 1.807) is 28.8 Å². The van der Waals surface area contributed by atoms with Crippen LogP contribution in [0.4, 0.5) is 0 Å². The van der Waals surface area contributed by atoms with E-state index in [1.807, 2.05) is 13.0 Å². The average Bonchev–Trinajstić information content (AvgIpc) is 3.30. The lowest BCUT2D eigenvalue weighted by Gasteiger charge is -2.35. The van der Waals surface area contributed by atoms with E-state index in [0.717, 1.165) is 5.69 Å². The zero-order valence-corrected chi connectivity index (χ0v) is 21.1. The number of benzene rings is 1. The maximum Gasteiger partial charge on any atom is 0.242 e. The summed E-state index contributed by atoms with van der Waals surface area (Å²) < 4.78 is 35.5. The number of nitriles is 1. The molecule has 2 heterocycles. The molecule has 1 N–H and O–H groups in total. The quantitative estimate of drug-likeness (QED) is 0.614. The minimum atomic E-state index is -3.89. The van der Waals surface area contributed by atoms with Gasteiger partial charge in [0.1, 0.15) is 0 Å². The van der Waals surface area contributed by atoms with Crippen molar-refractivity contribution in [3.63, 3.8) is 0 Å². The second-order valence-corrected chi connectivity index (χ2v) is 10.9. The summed E-state index contributed by atoms with van der Waals surface area (Å²) in [5.74, 6) is -0.339. The highest BCUT2D eigenvalue weighted by atomic mass is 32.2. The van der Waals surface area contributed by atoms with E-state index in [0.29, 0.717) is 25.9 Å². The largest absolute Gasteiger partial charge is 0.394 e. The van der Waals surface area contributed by atoms with Crippen LogP contribution in [0.2, 0.25) is 0 Å². The van der Waals surface area contributed by atoms with Crippen molar-refractivity contribution in [2.24, 2.45) is 5.92 Å². The third-order valence-electron chi connectivity index (χ3n) is 6.25. The molecular weight excluding hydrogens is 472 g/mol. The molecule has 3 rings (SSSR count). The van der Waals surface area contributed by atoms with Crippen LogP contribution in [-0.4, -0.2) is 82.5 Å². The summed E-state index contributed by atoms with van der Waals surface area (Å²) in [5.41, 5.74) is 0.992. The summed E-state index contributed by atoms with van der Waals surface area (Å²) >= 11 is 0. The Bertz CT molecular complexity index is 1160. The standard InChI is InChI=1S/C23H32N6O5S/c1-17-13-28(18(2)15-30)23(31)8-5-9-29-20(12-25-26-29)16-34-22(17)14-27(3)35(32,33)21-7-4-6-19(10-21)11-24/h4,6-7,10,12,17-18,22,30H,5,8-9,13-16H2,1-3H3/t17-,18+,22+/m0/s1. The van der Waals surface area contributed by atoms with E-state index in [9.17, 15) is 18.3 Å². The third-order valence-corrected chi connectivity index (χ3v) is 8.07. The van der Waals surface area contributed by atoms with Gasteiger partial charge in [-0.3, -0.25) is 4.79 Å². The van der Waals surface area contributed by atoms with Crippen LogP contribution in [0.1, 0.15) is 37.9 Å². The maximum absolute atomic E-state index is 13.2. The number of rotatable bonds is 6. The van der Waals surface area contributed by atoms with Gasteiger partial charge in [0.2, 0.25) is 15.9 Å². The maximum atomic E-state index is 13.2. The first-order valence-corrected chi connectivity index (χ1v) is 13.0. The number of aromatic nitrogens is 3. The molecule has 1 aliphatic rings. The van der Waals surface area contributed by atoms with Gasteiger partial charge in [-0.2, -0.15) is 9.57 Å². The fraction of sp³-hybridized carbons (Fsp3) is 0.565. The van der Waals surface area contributed by atoms with Gasteiger partial charge in [0.25, 0.3) is 0 Å². The highest BCUT2D eigenvalue weighted by Gasteiger charge is 2.31. The molecule has 1 aromatic heterocycles. The molecule has 0 saturated carbocycles. The van der Waals surface area contributed by atoms with Crippen molar-refractivity contribution in [3.8, 4) is 6.07 Å². The monoisotopic (exact) mass is 504 g/mol. The number of amides is 1. The third kappa shape index (κ3) is 6.43. The Hall–Kier alpha value is -2.85. The van der Waals surface area contributed by atoms with E-state index in [4.69, 9.17) is 10.00 Å².